The molecular formula is C17H16F2N2O6S. The molecule has 0 heterocycles. The number of carbonyl (C=O) groups is 2. The molecule has 2 rings (SSSR count). The molecule has 2 aromatic rings. The lowest BCUT2D eigenvalue weighted by Gasteiger charge is -2.14. The van der Waals surface area contributed by atoms with Crippen LogP contribution in [0.25, 0.3) is 0 Å². The number of halogens is 2. The Morgan fingerprint density at radius 2 is 1.86 bits per heavy atom. The molecule has 11 heteroatoms. The van der Waals surface area contributed by atoms with E-state index >= 15 is 0 Å². The fourth-order valence-corrected chi connectivity index (χ4v) is 3.04. The Bertz CT molecular complexity index is 997. The number of nitrogens with zero attached hydrogens (tertiary/aromatic N) is 1. The van der Waals surface area contributed by atoms with Gasteiger partial charge in [0.2, 0.25) is 0 Å². The second kappa shape index (κ2) is 8.87. The lowest BCUT2D eigenvalue weighted by Crippen LogP contribution is -2.26. The zero-order valence-electron chi connectivity index (χ0n) is 14.8. The zero-order valence-corrected chi connectivity index (χ0v) is 15.6. The van der Waals surface area contributed by atoms with Crippen LogP contribution in [-0.4, -0.2) is 45.5 Å². The van der Waals surface area contributed by atoms with Crippen molar-refractivity contribution in [2.45, 2.75) is 4.90 Å². The van der Waals surface area contributed by atoms with Gasteiger partial charge in [-0.3, -0.25) is 9.63 Å². The van der Waals surface area contributed by atoms with Gasteiger partial charge in [0.25, 0.3) is 15.9 Å². The van der Waals surface area contributed by atoms with Crippen LogP contribution in [-0.2, 0) is 24.4 Å². The van der Waals surface area contributed by atoms with Crippen LogP contribution in [0, 0.1) is 11.6 Å². The molecule has 0 saturated carbocycles. The van der Waals surface area contributed by atoms with Crippen LogP contribution in [0.1, 0.15) is 10.4 Å². The first-order valence-electron chi connectivity index (χ1n) is 7.70. The minimum atomic E-state index is -3.98. The summed E-state index contributed by atoms with van der Waals surface area (Å²) >= 11 is 0. The van der Waals surface area contributed by atoms with Gasteiger partial charge >= 0.3 is 5.97 Å². The van der Waals surface area contributed by atoms with E-state index in [1.807, 2.05) is 0 Å². The maximum absolute atomic E-state index is 13.5. The number of amides is 1. The molecule has 0 saturated heterocycles. The molecular weight excluding hydrogens is 398 g/mol. The van der Waals surface area contributed by atoms with Crippen LogP contribution < -0.4 is 5.32 Å². The third kappa shape index (κ3) is 5.09. The smallest absolute Gasteiger partial charge is 0.338 e. The monoisotopic (exact) mass is 414 g/mol. The molecule has 0 spiro atoms. The molecule has 1 amide bonds. The Kier molecular flexibility index (Phi) is 6.78. The van der Waals surface area contributed by atoms with Gasteiger partial charge in [-0.05, 0) is 30.3 Å². The molecule has 0 aliphatic carbocycles. The first-order chi connectivity index (χ1) is 13.1. The molecule has 0 aliphatic rings. The highest BCUT2D eigenvalue weighted by Crippen LogP contribution is 2.17. The van der Waals surface area contributed by atoms with E-state index in [2.05, 4.69) is 10.2 Å². The molecule has 0 atom stereocenters. The highest BCUT2D eigenvalue weighted by Gasteiger charge is 2.22. The van der Waals surface area contributed by atoms with Crippen molar-refractivity contribution in [3.8, 4) is 0 Å². The molecule has 28 heavy (non-hydrogen) atoms. The van der Waals surface area contributed by atoms with E-state index in [1.54, 1.807) is 0 Å². The average Bonchev–Trinajstić information content (AvgIpc) is 2.68. The normalized spacial score (nSPS) is 11.3. The lowest BCUT2D eigenvalue weighted by atomic mass is 10.2. The van der Waals surface area contributed by atoms with E-state index in [9.17, 15) is 26.8 Å². The fraction of sp³-hybridized carbons (Fsp3) is 0.176. The standard InChI is InChI=1S/C17H16F2N2O6S/c1-21(26-2)28(24,25)13-5-3-4-11(8-13)17(23)27-10-16(22)20-15-9-12(18)6-7-14(15)19/h3-9H,10H2,1-2H3,(H,20,22). The maximum atomic E-state index is 13.5. The predicted molar refractivity (Wildman–Crippen MR) is 93.7 cm³/mol. The van der Waals surface area contributed by atoms with Gasteiger partial charge in [-0.1, -0.05) is 10.5 Å². The quantitative estimate of drug-likeness (QED) is 0.549. The zero-order chi connectivity index (χ0) is 20.9. The third-order valence-corrected chi connectivity index (χ3v) is 5.18. The molecule has 2 aromatic carbocycles. The van der Waals surface area contributed by atoms with Gasteiger partial charge in [0.05, 0.1) is 23.3 Å². The van der Waals surface area contributed by atoms with Crippen molar-refractivity contribution in [3.63, 3.8) is 0 Å². The van der Waals surface area contributed by atoms with E-state index in [0.717, 1.165) is 31.4 Å². The molecule has 0 radical (unpaired) electrons. The van der Waals surface area contributed by atoms with Gasteiger partial charge in [0, 0.05) is 13.1 Å². The Labute approximate surface area is 159 Å². The molecule has 0 aromatic heterocycles. The molecule has 0 aliphatic heterocycles. The summed E-state index contributed by atoms with van der Waals surface area (Å²) in [5, 5.41) is 2.07. The summed E-state index contributed by atoms with van der Waals surface area (Å²) in [7, 11) is -1.64. The third-order valence-electron chi connectivity index (χ3n) is 3.50. The molecule has 0 unspecified atom stereocenters. The van der Waals surface area contributed by atoms with Gasteiger partial charge in [-0.25, -0.2) is 22.0 Å². The number of hydrogen-bond acceptors (Lipinski definition) is 6. The topological polar surface area (TPSA) is 102 Å². The first kappa shape index (κ1) is 21.4. The summed E-state index contributed by atoms with van der Waals surface area (Å²) in [4.78, 5) is 28.3. The number of ether oxygens (including phenoxy) is 1. The largest absolute Gasteiger partial charge is 0.452 e. The van der Waals surface area contributed by atoms with Crippen molar-refractivity contribution >= 4 is 27.6 Å². The number of sulfonamides is 1. The van der Waals surface area contributed by atoms with E-state index in [0.29, 0.717) is 4.47 Å². The molecule has 0 fully saturated rings. The van der Waals surface area contributed by atoms with Crippen LogP contribution in [0.15, 0.2) is 47.4 Å². The van der Waals surface area contributed by atoms with Crippen molar-refractivity contribution in [2.24, 2.45) is 0 Å². The van der Waals surface area contributed by atoms with Crippen molar-refractivity contribution in [1.29, 1.82) is 0 Å². The Hall–Kier alpha value is -2.89. The summed E-state index contributed by atoms with van der Waals surface area (Å²) in [6.07, 6.45) is 0. The van der Waals surface area contributed by atoms with E-state index in [1.165, 1.54) is 25.2 Å². The molecule has 8 nitrogen and oxygen atoms in total. The number of hydrogen-bond donors (Lipinski definition) is 1. The number of hydroxylamine groups is 1. The SMILES string of the molecule is CON(C)S(=O)(=O)c1cccc(C(=O)OCC(=O)Nc2cc(F)ccc2F)c1. The van der Waals surface area contributed by atoms with Crippen LogP contribution in [0.2, 0.25) is 0 Å². The number of carbonyl (C=O) groups excluding carboxylic acids is 2. The van der Waals surface area contributed by atoms with Gasteiger partial charge in [-0.15, -0.1) is 0 Å². The molecule has 1 N–H and O–H groups in total. The maximum Gasteiger partial charge on any atom is 0.338 e. The highest BCUT2D eigenvalue weighted by atomic mass is 32.2. The Balaban J connectivity index is 2.04. The van der Waals surface area contributed by atoms with E-state index < -0.39 is 45.8 Å². The highest BCUT2D eigenvalue weighted by molar-refractivity contribution is 7.89. The summed E-state index contributed by atoms with van der Waals surface area (Å²) in [5.74, 6) is -3.50. The Morgan fingerprint density at radius 3 is 2.54 bits per heavy atom. The second-order valence-electron chi connectivity index (χ2n) is 5.37. The summed E-state index contributed by atoms with van der Waals surface area (Å²) in [5.41, 5.74) is -0.535. The van der Waals surface area contributed by atoms with E-state index in [4.69, 9.17) is 4.74 Å². The number of benzene rings is 2. The molecule has 0 bridgehead atoms. The van der Waals surface area contributed by atoms with Crippen LogP contribution in [0.5, 0.6) is 0 Å². The van der Waals surface area contributed by atoms with Crippen LogP contribution >= 0.6 is 0 Å². The summed E-state index contributed by atoms with van der Waals surface area (Å²) in [6.45, 7) is -0.788. The van der Waals surface area contributed by atoms with Gasteiger partial charge in [0.15, 0.2) is 6.61 Å². The van der Waals surface area contributed by atoms with Crippen molar-refractivity contribution in [2.75, 3.05) is 26.1 Å². The van der Waals surface area contributed by atoms with Gasteiger partial charge in [-0.2, -0.15) is 0 Å². The summed E-state index contributed by atoms with van der Waals surface area (Å²) < 4.78 is 56.3. The molecule has 150 valence electrons. The minimum Gasteiger partial charge on any atom is -0.452 e. The summed E-state index contributed by atoms with van der Waals surface area (Å²) in [6, 6.07) is 7.40. The van der Waals surface area contributed by atoms with E-state index in [-0.39, 0.29) is 10.5 Å². The number of anilines is 1. The van der Waals surface area contributed by atoms with Crippen LogP contribution in [0.4, 0.5) is 14.5 Å². The average molecular weight is 414 g/mol. The Morgan fingerprint density at radius 1 is 1.14 bits per heavy atom. The minimum absolute atomic E-state index is 0.129. The fourth-order valence-electron chi connectivity index (χ4n) is 2.02. The number of rotatable bonds is 7. The van der Waals surface area contributed by atoms with Gasteiger partial charge in [0.1, 0.15) is 11.6 Å². The van der Waals surface area contributed by atoms with Crippen molar-refractivity contribution < 1.29 is 36.4 Å². The lowest BCUT2D eigenvalue weighted by molar-refractivity contribution is -0.119. The van der Waals surface area contributed by atoms with Crippen molar-refractivity contribution in [3.05, 3.63) is 59.7 Å². The second-order valence-corrected chi connectivity index (χ2v) is 7.31. The van der Waals surface area contributed by atoms with Gasteiger partial charge < -0.3 is 10.1 Å². The van der Waals surface area contributed by atoms with Crippen molar-refractivity contribution in [1.82, 2.24) is 4.47 Å². The number of esters is 1. The predicted octanol–water partition coefficient (Wildman–Crippen LogP) is 1.94. The van der Waals surface area contributed by atoms with Crippen LogP contribution in [0.3, 0.4) is 0 Å². The number of nitrogens with one attached hydrogen (secondary N) is 1. The first-order valence-corrected chi connectivity index (χ1v) is 9.14.